The molecule has 1 aromatic rings. The van der Waals surface area contributed by atoms with Gasteiger partial charge in [-0.3, -0.25) is 24.0 Å². The smallest absolute Gasteiger partial charge is 0.410 e. The van der Waals surface area contributed by atoms with Gasteiger partial charge in [-0.05, 0) is 70.9 Å². The van der Waals surface area contributed by atoms with E-state index in [0.29, 0.717) is 36.8 Å². The molecule has 6 rings (SSSR count). The molecule has 16 heteroatoms. The third-order valence-electron chi connectivity index (χ3n) is 9.99. The molecule has 51 heavy (non-hydrogen) atoms. The molecule has 0 unspecified atom stereocenters. The van der Waals surface area contributed by atoms with Crippen LogP contribution >= 0.6 is 0 Å². The molecule has 1 saturated heterocycles. The Labute approximate surface area is 296 Å². The summed E-state index contributed by atoms with van der Waals surface area (Å²) >= 11 is 0. The average Bonchev–Trinajstić information content (AvgIpc) is 3.93. The number of amides is 5. The fourth-order valence-electron chi connectivity index (χ4n) is 7.02. The fourth-order valence-corrected chi connectivity index (χ4v) is 8.39. The maximum absolute atomic E-state index is 14.4. The van der Waals surface area contributed by atoms with Gasteiger partial charge in [0.2, 0.25) is 21.8 Å². The number of hydrogen-bond donors (Lipinski definition) is 3. The largest absolute Gasteiger partial charge is 0.444 e. The maximum Gasteiger partial charge on any atom is 0.410 e. The van der Waals surface area contributed by atoms with E-state index in [-0.39, 0.29) is 38.9 Å². The number of alkyl carbamates (subject to hydrolysis) is 1. The van der Waals surface area contributed by atoms with Gasteiger partial charge in [0.1, 0.15) is 35.1 Å². The summed E-state index contributed by atoms with van der Waals surface area (Å²) in [6.07, 6.45) is 5.10. The molecule has 14 nitrogen and oxygen atoms in total. The van der Waals surface area contributed by atoms with E-state index in [2.05, 4.69) is 15.4 Å². The molecule has 3 N–H and O–H groups in total. The lowest BCUT2D eigenvalue weighted by atomic mass is 10.0. The van der Waals surface area contributed by atoms with Crippen molar-refractivity contribution in [2.75, 3.05) is 6.54 Å². The molecule has 0 bridgehead atoms. The Morgan fingerprint density at radius 1 is 1.06 bits per heavy atom. The van der Waals surface area contributed by atoms with Crippen LogP contribution in [0.4, 0.5) is 14.0 Å². The van der Waals surface area contributed by atoms with Crippen molar-refractivity contribution < 1.29 is 46.3 Å². The number of nitrogens with one attached hydrogen (secondary N) is 3. The first-order chi connectivity index (χ1) is 24.1. The number of rotatable bonds is 5. The summed E-state index contributed by atoms with van der Waals surface area (Å²) in [5.41, 5.74) is -1.36. The second-order valence-corrected chi connectivity index (χ2v) is 17.2. The fraction of sp³-hybridized carbons (Fsp3) is 0.629. The molecule has 3 fully saturated rings. The Balaban J connectivity index is 1.25. The van der Waals surface area contributed by atoms with E-state index in [4.69, 9.17) is 9.47 Å². The van der Waals surface area contributed by atoms with E-state index < -0.39 is 86.2 Å². The normalized spacial score (nSPS) is 28.9. The Bertz CT molecular complexity index is 1730. The third-order valence-corrected chi connectivity index (χ3v) is 11.8. The van der Waals surface area contributed by atoms with Crippen LogP contribution in [-0.4, -0.2) is 89.2 Å². The molecule has 278 valence electrons. The van der Waals surface area contributed by atoms with Crippen molar-refractivity contribution >= 4 is 39.9 Å². The Kier molecular flexibility index (Phi) is 10.1. The van der Waals surface area contributed by atoms with Gasteiger partial charge in [0.15, 0.2) is 0 Å². The van der Waals surface area contributed by atoms with Crippen LogP contribution in [0.2, 0.25) is 0 Å². The lowest BCUT2D eigenvalue weighted by Gasteiger charge is -2.30. The number of fused-ring (bicyclic) bond motifs is 3. The summed E-state index contributed by atoms with van der Waals surface area (Å²) < 4.78 is 53.3. The summed E-state index contributed by atoms with van der Waals surface area (Å²) in [4.78, 5) is 70.8. The van der Waals surface area contributed by atoms with Crippen LogP contribution < -0.4 is 15.4 Å². The molecule has 0 aromatic heterocycles. The summed E-state index contributed by atoms with van der Waals surface area (Å²) in [7, 11) is -3.92. The van der Waals surface area contributed by atoms with Crippen LogP contribution in [0.25, 0.3) is 0 Å². The summed E-state index contributed by atoms with van der Waals surface area (Å²) in [5, 5.41) is 4.79. The van der Waals surface area contributed by atoms with Crippen molar-refractivity contribution in [2.24, 2.45) is 5.92 Å². The minimum atomic E-state index is -3.92. The number of hydrogen-bond acceptors (Lipinski definition) is 9. The Hall–Kier alpha value is -4.21. The number of benzene rings is 1. The van der Waals surface area contributed by atoms with Crippen molar-refractivity contribution in [2.45, 2.75) is 126 Å². The van der Waals surface area contributed by atoms with Gasteiger partial charge in [0.25, 0.3) is 5.91 Å². The van der Waals surface area contributed by atoms with Gasteiger partial charge in [-0.25, -0.2) is 22.4 Å². The van der Waals surface area contributed by atoms with E-state index in [9.17, 15) is 36.8 Å². The van der Waals surface area contributed by atoms with Crippen LogP contribution in [0.3, 0.4) is 0 Å². The summed E-state index contributed by atoms with van der Waals surface area (Å²) in [6, 6.07) is 2.30. The SMILES string of the molecule is CC(C)(C)OC(=O)N[C@H]1CCCCC/C=C\[C@@H]2C[C@]2(C(=O)NS(=O)(=O)C2CC2)NC(=O)[C@@H]2C[C@@H](OC(=O)N3Cc4cccc(F)c4C3)CN2C1=O. The number of halogens is 1. The number of ether oxygens (including phenoxy) is 2. The first-order valence-electron chi connectivity index (χ1n) is 17.6. The standard InChI is InChI=1S/C35H46FN5O9S/c1-34(2,3)50-32(45)37-27-13-8-6-4-5-7-11-22-17-35(22,31(44)39-51(47,48)24-14-15-24)38-29(42)28-16-23(19-41(28)30(27)43)49-33(46)40-18-21-10-9-12-26(36)25(21)20-40/h7,9-12,22-24,27-28H,4-6,8,13-20H2,1-3H3,(H,37,45)(H,38,42)(H,39,44)/b11-7-/t22-,23-,27+,28+,35+/m1/s1. The van der Waals surface area contributed by atoms with Crippen LogP contribution in [-0.2, 0) is 47.0 Å². The molecular weight excluding hydrogens is 685 g/mol. The van der Waals surface area contributed by atoms with E-state index in [1.54, 1.807) is 32.9 Å². The molecule has 0 radical (unpaired) electrons. The lowest BCUT2D eigenvalue weighted by Crippen LogP contribution is -2.58. The van der Waals surface area contributed by atoms with Crippen molar-refractivity contribution in [1.82, 2.24) is 25.2 Å². The predicted octanol–water partition coefficient (Wildman–Crippen LogP) is 3.14. The van der Waals surface area contributed by atoms with E-state index in [1.165, 1.54) is 15.9 Å². The van der Waals surface area contributed by atoms with Gasteiger partial charge in [-0.2, -0.15) is 0 Å². The molecule has 2 saturated carbocycles. The highest BCUT2D eigenvalue weighted by Gasteiger charge is 2.62. The Morgan fingerprint density at radius 2 is 1.82 bits per heavy atom. The quantitative estimate of drug-likeness (QED) is 0.384. The van der Waals surface area contributed by atoms with Gasteiger partial charge in [0.05, 0.1) is 18.3 Å². The highest BCUT2D eigenvalue weighted by atomic mass is 32.2. The molecule has 2 aliphatic carbocycles. The topological polar surface area (TPSA) is 181 Å². The first kappa shape index (κ1) is 36.6. The van der Waals surface area contributed by atoms with Gasteiger partial charge in [0, 0.05) is 24.4 Å². The van der Waals surface area contributed by atoms with Crippen molar-refractivity contribution in [1.29, 1.82) is 0 Å². The van der Waals surface area contributed by atoms with Gasteiger partial charge < -0.3 is 25.0 Å². The van der Waals surface area contributed by atoms with Crippen LogP contribution in [0.15, 0.2) is 30.4 Å². The van der Waals surface area contributed by atoms with Crippen molar-refractivity contribution in [3.63, 3.8) is 0 Å². The number of nitrogens with zero attached hydrogens (tertiary/aromatic N) is 2. The second kappa shape index (κ2) is 14.1. The monoisotopic (exact) mass is 731 g/mol. The zero-order valence-corrected chi connectivity index (χ0v) is 29.9. The predicted molar refractivity (Wildman–Crippen MR) is 180 cm³/mol. The van der Waals surface area contributed by atoms with E-state index in [1.807, 2.05) is 12.2 Å². The van der Waals surface area contributed by atoms with Crippen LogP contribution in [0, 0.1) is 11.7 Å². The second-order valence-electron chi connectivity index (χ2n) is 15.2. The number of carbonyl (C=O) groups is 5. The lowest BCUT2D eigenvalue weighted by molar-refractivity contribution is -0.141. The number of carbonyl (C=O) groups excluding carboxylic acids is 5. The molecule has 5 aliphatic rings. The number of allylic oxidation sites excluding steroid dienone is 1. The molecule has 5 amide bonds. The average molecular weight is 732 g/mol. The van der Waals surface area contributed by atoms with Gasteiger partial charge in [-0.1, -0.05) is 37.1 Å². The zero-order chi connectivity index (χ0) is 36.7. The molecule has 1 aromatic carbocycles. The summed E-state index contributed by atoms with van der Waals surface area (Å²) in [6.45, 7) is 5.01. The van der Waals surface area contributed by atoms with Crippen LogP contribution in [0.5, 0.6) is 0 Å². The summed E-state index contributed by atoms with van der Waals surface area (Å²) in [5.74, 6) is -3.06. The molecule has 5 atom stereocenters. The maximum atomic E-state index is 14.4. The van der Waals surface area contributed by atoms with E-state index in [0.717, 1.165) is 12.8 Å². The highest BCUT2D eigenvalue weighted by Crippen LogP contribution is 2.46. The minimum absolute atomic E-state index is 0.00168. The Morgan fingerprint density at radius 3 is 2.53 bits per heavy atom. The minimum Gasteiger partial charge on any atom is -0.444 e. The molecule has 3 aliphatic heterocycles. The van der Waals surface area contributed by atoms with Crippen LogP contribution in [0.1, 0.15) is 89.7 Å². The van der Waals surface area contributed by atoms with Crippen molar-refractivity contribution in [3.8, 4) is 0 Å². The van der Waals surface area contributed by atoms with E-state index >= 15 is 0 Å². The molecule has 0 spiro atoms. The first-order valence-corrected chi connectivity index (χ1v) is 19.2. The molecular formula is C35H46FN5O9S. The highest BCUT2D eigenvalue weighted by molar-refractivity contribution is 7.91. The molecule has 3 heterocycles. The van der Waals surface area contributed by atoms with Gasteiger partial charge >= 0.3 is 12.2 Å². The van der Waals surface area contributed by atoms with Crippen molar-refractivity contribution in [3.05, 3.63) is 47.3 Å². The van der Waals surface area contributed by atoms with Gasteiger partial charge in [-0.15, -0.1) is 0 Å². The number of sulfonamides is 1. The third kappa shape index (κ3) is 8.31. The zero-order valence-electron chi connectivity index (χ0n) is 29.1.